The molecule has 1 aromatic carbocycles. The van der Waals surface area contributed by atoms with Crippen LogP contribution in [0.4, 0.5) is 5.69 Å². The SMILES string of the molecule is NCc1ccc(Cl)cc1N1CCC(N2CCCC2)C1. The Kier molecular flexibility index (Phi) is 3.96. The number of nitrogens with two attached hydrogens (primary N) is 1. The van der Waals surface area contributed by atoms with E-state index in [1.165, 1.54) is 43.6 Å². The van der Waals surface area contributed by atoms with Crippen LogP contribution in [0.25, 0.3) is 0 Å². The highest BCUT2D eigenvalue weighted by Crippen LogP contribution is 2.30. The highest BCUT2D eigenvalue weighted by atomic mass is 35.5. The lowest BCUT2D eigenvalue weighted by Crippen LogP contribution is -2.35. The number of nitrogens with zero attached hydrogens (tertiary/aromatic N) is 2. The van der Waals surface area contributed by atoms with Crippen LogP contribution in [-0.4, -0.2) is 37.1 Å². The van der Waals surface area contributed by atoms with Crippen molar-refractivity contribution < 1.29 is 0 Å². The minimum absolute atomic E-state index is 0.581. The van der Waals surface area contributed by atoms with Gasteiger partial charge in [-0.1, -0.05) is 17.7 Å². The number of hydrogen-bond acceptors (Lipinski definition) is 3. The van der Waals surface area contributed by atoms with Gasteiger partial charge in [0.25, 0.3) is 0 Å². The summed E-state index contributed by atoms with van der Waals surface area (Å²) in [6.45, 7) is 5.37. The van der Waals surface area contributed by atoms with Crippen LogP contribution in [0.5, 0.6) is 0 Å². The van der Waals surface area contributed by atoms with E-state index in [0.29, 0.717) is 12.6 Å². The lowest BCUT2D eigenvalue weighted by Gasteiger charge is -2.25. The summed E-state index contributed by atoms with van der Waals surface area (Å²) in [6.07, 6.45) is 3.99. The van der Waals surface area contributed by atoms with E-state index in [1.807, 2.05) is 6.07 Å². The van der Waals surface area contributed by atoms with Crippen LogP contribution >= 0.6 is 11.6 Å². The number of rotatable bonds is 3. The molecular weight excluding hydrogens is 258 g/mol. The van der Waals surface area contributed by atoms with Gasteiger partial charge in [0.1, 0.15) is 0 Å². The second-order valence-electron chi connectivity index (χ2n) is 5.61. The van der Waals surface area contributed by atoms with Gasteiger partial charge in [-0.05, 0) is 50.0 Å². The van der Waals surface area contributed by atoms with Crippen molar-refractivity contribution in [1.29, 1.82) is 0 Å². The molecule has 1 unspecified atom stereocenters. The molecule has 2 heterocycles. The average Bonchev–Trinajstić information content (AvgIpc) is 3.09. The maximum atomic E-state index is 6.14. The summed E-state index contributed by atoms with van der Waals surface area (Å²) in [4.78, 5) is 5.10. The fraction of sp³-hybridized carbons (Fsp3) is 0.600. The molecule has 0 aromatic heterocycles. The first-order chi connectivity index (χ1) is 9.28. The standard InChI is InChI=1S/C15H22ClN3/c16-13-4-3-12(10-17)15(9-13)19-8-5-14(11-19)18-6-1-2-7-18/h3-4,9,14H,1-2,5-8,10-11,17H2. The Hall–Kier alpha value is -0.770. The van der Waals surface area contributed by atoms with Gasteiger partial charge >= 0.3 is 0 Å². The van der Waals surface area contributed by atoms with Gasteiger partial charge in [-0.2, -0.15) is 0 Å². The summed E-state index contributed by atoms with van der Waals surface area (Å²) >= 11 is 6.14. The minimum atomic E-state index is 0.581. The van der Waals surface area contributed by atoms with Gasteiger partial charge in [0, 0.05) is 36.4 Å². The minimum Gasteiger partial charge on any atom is -0.370 e. The number of benzene rings is 1. The molecule has 1 atom stereocenters. The summed E-state index contributed by atoms with van der Waals surface area (Å²) in [5.41, 5.74) is 8.28. The number of halogens is 1. The summed E-state index contributed by atoms with van der Waals surface area (Å²) in [5, 5.41) is 0.803. The Bertz CT molecular complexity index is 443. The molecule has 104 valence electrons. The molecule has 0 saturated carbocycles. The van der Waals surface area contributed by atoms with Crippen LogP contribution < -0.4 is 10.6 Å². The molecule has 2 aliphatic heterocycles. The van der Waals surface area contributed by atoms with Crippen LogP contribution in [0.3, 0.4) is 0 Å². The number of anilines is 1. The monoisotopic (exact) mass is 279 g/mol. The smallest absolute Gasteiger partial charge is 0.0427 e. The molecule has 0 bridgehead atoms. The van der Waals surface area contributed by atoms with Crippen LogP contribution in [0.2, 0.25) is 5.02 Å². The van der Waals surface area contributed by atoms with E-state index in [1.54, 1.807) is 0 Å². The second-order valence-corrected chi connectivity index (χ2v) is 6.05. The Morgan fingerprint density at radius 1 is 1.21 bits per heavy atom. The molecule has 0 spiro atoms. The Morgan fingerprint density at radius 2 is 2.00 bits per heavy atom. The zero-order valence-electron chi connectivity index (χ0n) is 11.3. The Balaban J connectivity index is 1.75. The fourth-order valence-corrected chi connectivity index (χ4v) is 3.54. The topological polar surface area (TPSA) is 32.5 Å². The third kappa shape index (κ3) is 2.73. The number of hydrogen-bond donors (Lipinski definition) is 1. The molecule has 0 amide bonds. The van der Waals surface area contributed by atoms with E-state index < -0.39 is 0 Å². The van der Waals surface area contributed by atoms with Crippen LogP contribution in [0.1, 0.15) is 24.8 Å². The van der Waals surface area contributed by atoms with Crippen LogP contribution in [0, 0.1) is 0 Å². The van der Waals surface area contributed by atoms with Crippen molar-refractivity contribution in [3.8, 4) is 0 Å². The van der Waals surface area contributed by atoms with E-state index in [0.717, 1.165) is 18.1 Å². The van der Waals surface area contributed by atoms with Crippen molar-refractivity contribution in [3.63, 3.8) is 0 Å². The van der Waals surface area contributed by atoms with E-state index in [-0.39, 0.29) is 0 Å². The predicted octanol–water partition coefficient (Wildman–Crippen LogP) is 2.47. The molecular formula is C15H22ClN3. The van der Waals surface area contributed by atoms with Gasteiger partial charge in [-0.15, -0.1) is 0 Å². The molecule has 1 aromatic rings. The van der Waals surface area contributed by atoms with Crippen molar-refractivity contribution in [2.75, 3.05) is 31.1 Å². The molecule has 4 heteroatoms. The molecule has 3 nitrogen and oxygen atoms in total. The van der Waals surface area contributed by atoms with Gasteiger partial charge in [0.05, 0.1) is 0 Å². The molecule has 3 rings (SSSR count). The fourth-order valence-electron chi connectivity index (χ4n) is 3.37. The highest BCUT2D eigenvalue weighted by Gasteiger charge is 2.30. The van der Waals surface area contributed by atoms with Crippen LogP contribution in [-0.2, 0) is 6.54 Å². The third-order valence-corrected chi connectivity index (χ3v) is 4.66. The Morgan fingerprint density at radius 3 is 2.74 bits per heavy atom. The summed E-state index contributed by atoms with van der Waals surface area (Å²) in [6, 6.07) is 6.77. The van der Waals surface area contributed by atoms with Crippen molar-refractivity contribution in [2.45, 2.75) is 31.8 Å². The molecule has 19 heavy (non-hydrogen) atoms. The van der Waals surface area contributed by atoms with Crippen molar-refractivity contribution in [1.82, 2.24) is 4.90 Å². The van der Waals surface area contributed by atoms with Gasteiger partial charge < -0.3 is 10.6 Å². The average molecular weight is 280 g/mol. The van der Waals surface area contributed by atoms with Crippen LogP contribution in [0.15, 0.2) is 18.2 Å². The molecule has 2 saturated heterocycles. The van der Waals surface area contributed by atoms with E-state index in [9.17, 15) is 0 Å². The maximum Gasteiger partial charge on any atom is 0.0427 e. The zero-order chi connectivity index (χ0) is 13.2. The summed E-state index contributed by atoms with van der Waals surface area (Å²) in [7, 11) is 0. The van der Waals surface area contributed by atoms with Crippen molar-refractivity contribution in [3.05, 3.63) is 28.8 Å². The maximum absolute atomic E-state index is 6.14. The lowest BCUT2D eigenvalue weighted by molar-refractivity contribution is 0.260. The first-order valence-corrected chi connectivity index (χ1v) is 7.63. The summed E-state index contributed by atoms with van der Waals surface area (Å²) < 4.78 is 0. The largest absolute Gasteiger partial charge is 0.370 e. The highest BCUT2D eigenvalue weighted by molar-refractivity contribution is 6.30. The third-order valence-electron chi connectivity index (χ3n) is 4.43. The van der Waals surface area contributed by atoms with E-state index >= 15 is 0 Å². The normalized spacial score (nSPS) is 24.3. The van der Waals surface area contributed by atoms with Gasteiger partial charge in [0.15, 0.2) is 0 Å². The van der Waals surface area contributed by atoms with Crippen molar-refractivity contribution in [2.24, 2.45) is 5.73 Å². The summed E-state index contributed by atoms with van der Waals surface area (Å²) in [5.74, 6) is 0. The van der Waals surface area contributed by atoms with Gasteiger partial charge in [-0.25, -0.2) is 0 Å². The molecule has 2 fully saturated rings. The molecule has 2 aliphatic rings. The Labute approximate surface area is 120 Å². The second kappa shape index (κ2) is 5.70. The van der Waals surface area contributed by atoms with E-state index in [2.05, 4.69) is 21.9 Å². The first kappa shape index (κ1) is 13.2. The van der Waals surface area contributed by atoms with E-state index in [4.69, 9.17) is 17.3 Å². The zero-order valence-corrected chi connectivity index (χ0v) is 12.1. The van der Waals surface area contributed by atoms with Crippen molar-refractivity contribution >= 4 is 17.3 Å². The number of likely N-dealkylation sites (tertiary alicyclic amines) is 1. The van der Waals surface area contributed by atoms with Gasteiger partial charge in [-0.3, -0.25) is 4.90 Å². The quantitative estimate of drug-likeness (QED) is 0.923. The predicted molar refractivity (Wildman–Crippen MR) is 80.8 cm³/mol. The molecule has 0 aliphatic carbocycles. The molecule has 0 radical (unpaired) electrons. The lowest BCUT2D eigenvalue weighted by atomic mass is 10.1. The first-order valence-electron chi connectivity index (χ1n) is 7.25. The van der Waals surface area contributed by atoms with Gasteiger partial charge in [0.2, 0.25) is 0 Å². The molecule has 2 N–H and O–H groups in total.